The van der Waals surface area contributed by atoms with E-state index >= 15 is 0 Å². The number of hydrogen-bond donors (Lipinski definition) is 2. The van der Waals surface area contributed by atoms with Gasteiger partial charge in [-0.3, -0.25) is 5.32 Å². The molecule has 0 rings (SSSR count). The van der Waals surface area contributed by atoms with Gasteiger partial charge in [0.05, 0.1) is 0 Å². The molecule has 0 aliphatic heterocycles. The van der Waals surface area contributed by atoms with Crippen LogP contribution in [0, 0.1) is 5.92 Å². The molecule has 0 aromatic rings. The Morgan fingerprint density at radius 1 is 1.35 bits per heavy atom. The molecule has 5 heteroatoms. The Balaban J connectivity index is 4.51. The normalized spacial score (nSPS) is 12.5. The van der Waals surface area contributed by atoms with Crippen molar-refractivity contribution in [3.05, 3.63) is 11.8 Å². The second-order valence-electron chi connectivity index (χ2n) is 5.18. The van der Waals surface area contributed by atoms with E-state index in [4.69, 9.17) is 9.84 Å². The summed E-state index contributed by atoms with van der Waals surface area (Å²) in [5.41, 5.74) is -0.792. The van der Waals surface area contributed by atoms with E-state index < -0.39 is 17.7 Å². The molecule has 17 heavy (non-hydrogen) atoms. The highest BCUT2D eigenvalue weighted by Gasteiger charge is 2.19. The summed E-state index contributed by atoms with van der Waals surface area (Å²) >= 11 is 0. The van der Waals surface area contributed by atoms with Gasteiger partial charge in [-0.05, 0) is 33.1 Å². The molecule has 0 aromatic heterocycles. The summed E-state index contributed by atoms with van der Waals surface area (Å²) in [6, 6.07) is 0. The number of carboxylic acids is 1. The predicted molar refractivity (Wildman–Crippen MR) is 64.5 cm³/mol. The van der Waals surface area contributed by atoms with E-state index in [0.717, 1.165) is 0 Å². The van der Waals surface area contributed by atoms with Gasteiger partial charge in [-0.15, -0.1) is 0 Å². The average molecular weight is 243 g/mol. The molecule has 0 spiro atoms. The van der Waals surface area contributed by atoms with Gasteiger partial charge in [0.25, 0.3) is 0 Å². The topological polar surface area (TPSA) is 75.6 Å². The van der Waals surface area contributed by atoms with Gasteiger partial charge in [-0.2, -0.15) is 0 Å². The summed E-state index contributed by atoms with van der Waals surface area (Å²) in [7, 11) is 0. The van der Waals surface area contributed by atoms with Crippen molar-refractivity contribution in [2.24, 2.45) is 5.92 Å². The monoisotopic (exact) mass is 243 g/mol. The highest BCUT2D eigenvalue weighted by molar-refractivity contribution is 5.90. The Hall–Kier alpha value is -1.52. The molecule has 0 saturated carbocycles. The van der Waals surface area contributed by atoms with E-state index in [1.54, 1.807) is 20.8 Å². The quantitative estimate of drug-likeness (QED) is 0.744. The Bertz CT molecular complexity index is 313. The van der Waals surface area contributed by atoms with Crippen molar-refractivity contribution < 1.29 is 19.4 Å². The van der Waals surface area contributed by atoms with Crippen molar-refractivity contribution in [1.29, 1.82) is 0 Å². The highest BCUT2D eigenvalue weighted by Crippen LogP contribution is 2.08. The molecule has 0 aliphatic carbocycles. The van der Waals surface area contributed by atoms with Crippen LogP contribution in [0.4, 0.5) is 4.79 Å². The molecular formula is C12H21NO4. The first-order valence-corrected chi connectivity index (χ1v) is 5.55. The lowest BCUT2D eigenvalue weighted by molar-refractivity contribution is -0.133. The van der Waals surface area contributed by atoms with Crippen molar-refractivity contribution in [3.8, 4) is 0 Å². The maximum atomic E-state index is 11.4. The number of allylic oxidation sites excluding steroid dienone is 1. The van der Waals surface area contributed by atoms with Crippen LogP contribution in [0.25, 0.3) is 0 Å². The Kier molecular flexibility index (Phi) is 5.71. The summed E-state index contributed by atoms with van der Waals surface area (Å²) in [5.74, 6) is -0.846. The number of nitrogens with one attached hydrogen (secondary N) is 1. The SMILES string of the molecule is CC(C)C/C=C(/NC(=O)OC(C)(C)C)C(=O)O. The van der Waals surface area contributed by atoms with Crippen LogP contribution in [0.1, 0.15) is 41.0 Å². The molecule has 0 saturated heterocycles. The van der Waals surface area contributed by atoms with Crippen LogP contribution in [-0.2, 0) is 9.53 Å². The molecule has 0 aliphatic rings. The fourth-order valence-corrected chi connectivity index (χ4v) is 0.959. The number of carbonyl (C=O) groups is 2. The van der Waals surface area contributed by atoms with Gasteiger partial charge in [0.2, 0.25) is 0 Å². The van der Waals surface area contributed by atoms with Crippen LogP contribution in [0.5, 0.6) is 0 Å². The smallest absolute Gasteiger partial charge is 0.412 e. The van der Waals surface area contributed by atoms with E-state index in [-0.39, 0.29) is 5.70 Å². The molecule has 0 atom stereocenters. The molecule has 0 radical (unpaired) electrons. The first-order chi connectivity index (χ1) is 7.61. The van der Waals surface area contributed by atoms with Crippen LogP contribution < -0.4 is 5.32 Å². The van der Waals surface area contributed by atoms with Gasteiger partial charge in [0.1, 0.15) is 11.3 Å². The fraction of sp³-hybridized carbons (Fsp3) is 0.667. The van der Waals surface area contributed by atoms with E-state index in [2.05, 4.69) is 5.32 Å². The standard InChI is InChI=1S/C12H21NO4/c1-8(2)6-7-9(10(14)15)13-11(16)17-12(3,4)5/h7-8H,6H2,1-5H3,(H,13,16)(H,14,15)/b9-7+. The number of amides is 1. The number of rotatable bonds is 4. The van der Waals surface area contributed by atoms with Crippen LogP contribution in [0.2, 0.25) is 0 Å². The molecular weight excluding hydrogens is 222 g/mol. The van der Waals surface area contributed by atoms with E-state index in [0.29, 0.717) is 12.3 Å². The van der Waals surface area contributed by atoms with Crippen molar-refractivity contribution in [2.75, 3.05) is 0 Å². The zero-order valence-corrected chi connectivity index (χ0v) is 11.0. The summed E-state index contributed by atoms with van der Waals surface area (Å²) in [6.07, 6.45) is 1.31. The number of ether oxygens (including phenoxy) is 1. The van der Waals surface area contributed by atoms with Gasteiger partial charge in [-0.1, -0.05) is 19.9 Å². The Morgan fingerprint density at radius 2 is 1.88 bits per heavy atom. The molecule has 5 nitrogen and oxygen atoms in total. The molecule has 1 amide bonds. The van der Waals surface area contributed by atoms with Crippen molar-refractivity contribution in [3.63, 3.8) is 0 Å². The first-order valence-electron chi connectivity index (χ1n) is 5.55. The lowest BCUT2D eigenvalue weighted by Crippen LogP contribution is -2.34. The molecule has 98 valence electrons. The number of aliphatic carboxylic acids is 1. The van der Waals surface area contributed by atoms with Crippen molar-refractivity contribution >= 4 is 12.1 Å². The summed E-state index contributed by atoms with van der Waals surface area (Å²) in [4.78, 5) is 22.3. The third kappa shape index (κ3) is 8.30. The minimum atomic E-state index is -1.17. The van der Waals surface area contributed by atoms with Gasteiger partial charge in [0, 0.05) is 0 Å². The molecule has 0 bridgehead atoms. The van der Waals surface area contributed by atoms with Crippen LogP contribution >= 0.6 is 0 Å². The van der Waals surface area contributed by atoms with Crippen LogP contribution in [-0.4, -0.2) is 22.8 Å². The molecule has 2 N–H and O–H groups in total. The third-order valence-corrected chi connectivity index (χ3v) is 1.66. The maximum Gasteiger partial charge on any atom is 0.412 e. The number of carbonyl (C=O) groups excluding carboxylic acids is 1. The van der Waals surface area contributed by atoms with Gasteiger partial charge in [0.15, 0.2) is 0 Å². The summed E-state index contributed by atoms with van der Waals surface area (Å²) < 4.78 is 4.97. The second-order valence-corrected chi connectivity index (χ2v) is 5.18. The summed E-state index contributed by atoms with van der Waals surface area (Å²) in [5, 5.41) is 11.1. The Labute approximate surface area is 102 Å². The van der Waals surface area contributed by atoms with Gasteiger partial charge in [-0.25, -0.2) is 9.59 Å². The predicted octanol–water partition coefficient (Wildman–Crippen LogP) is 2.53. The maximum absolute atomic E-state index is 11.4. The van der Waals surface area contributed by atoms with E-state index in [9.17, 15) is 9.59 Å². The average Bonchev–Trinajstić information content (AvgIpc) is 2.08. The van der Waals surface area contributed by atoms with E-state index in [1.165, 1.54) is 6.08 Å². The zero-order valence-electron chi connectivity index (χ0n) is 11.0. The van der Waals surface area contributed by atoms with Crippen molar-refractivity contribution in [2.45, 2.75) is 46.6 Å². The lowest BCUT2D eigenvalue weighted by atomic mass is 10.1. The highest BCUT2D eigenvalue weighted by atomic mass is 16.6. The Morgan fingerprint density at radius 3 is 2.24 bits per heavy atom. The van der Waals surface area contributed by atoms with Crippen LogP contribution in [0.15, 0.2) is 11.8 Å². The second kappa shape index (κ2) is 6.27. The number of carboxylic acid groups (broad SMARTS) is 1. The largest absolute Gasteiger partial charge is 0.477 e. The third-order valence-electron chi connectivity index (χ3n) is 1.66. The minimum absolute atomic E-state index is 0.145. The zero-order chi connectivity index (χ0) is 13.6. The lowest BCUT2D eigenvalue weighted by Gasteiger charge is -2.19. The van der Waals surface area contributed by atoms with E-state index in [1.807, 2.05) is 13.8 Å². The summed E-state index contributed by atoms with van der Waals surface area (Å²) in [6.45, 7) is 9.06. The number of hydrogen-bond acceptors (Lipinski definition) is 3. The number of alkyl carbamates (subject to hydrolysis) is 1. The molecule has 0 fully saturated rings. The van der Waals surface area contributed by atoms with Gasteiger partial charge >= 0.3 is 12.1 Å². The molecule has 0 heterocycles. The van der Waals surface area contributed by atoms with Gasteiger partial charge < -0.3 is 9.84 Å². The molecule has 0 aromatic carbocycles. The molecule has 0 unspecified atom stereocenters. The first kappa shape index (κ1) is 15.5. The fourth-order valence-electron chi connectivity index (χ4n) is 0.959. The minimum Gasteiger partial charge on any atom is -0.477 e. The van der Waals surface area contributed by atoms with Crippen LogP contribution in [0.3, 0.4) is 0 Å². The van der Waals surface area contributed by atoms with Crippen molar-refractivity contribution in [1.82, 2.24) is 5.32 Å².